The number of nitrogens with zero attached hydrogens (tertiary/aromatic N) is 2. The first-order chi connectivity index (χ1) is 10.6. The van der Waals surface area contributed by atoms with Crippen molar-refractivity contribution in [2.45, 2.75) is 6.04 Å². The second-order valence-electron chi connectivity index (χ2n) is 5.66. The number of benzene rings is 1. The minimum absolute atomic E-state index is 0.0439. The van der Waals surface area contributed by atoms with Gasteiger partial charge >= 0.3 is 0 Å². The van der Waals surface area contributed by atoms with Crippen molar-refractivity contribution in [2.24, 2.45) is 0 Å². The van der Waals surface area contributed by atoms with Gasteiger partial charge in [-0.25, -0.2) is 0 Å². The molecule has 1 N–H and O–H groups in total. The van der Waals surface area contributed by atoms with E-state index in [9.17, 15) is 4.79 Å². The first-order valence-corrected chi connectivity index (χ1v) is 8.18. The van der Waals surface area contributed by atoms with Crippen LogP contribution in [0.1, 0.15) is 0 Å². The van der Waals surface area contributed by atoms with Gasteiger partial charge in [-0.15, -0.1) is 0 Å². The lowest BCUT2D eigenvalue weighted by molar-refractivity contribution is -0.123. The number of halogens is 2. The fourth-order valence-electron chi connectivity index (χ4n) is 2.94. The highest BCUT2D eigenvalue weighted by Crippen LogP contribution is 2.27. The Kier molecular flexibility index (Phi) is 5.08. The van der Waals surface area contributed by atoms with E-state index in [1.165, 1.54) is 0 Å². The molecule has 0 aromatic heterocycles. The van der Waals surface area contributed by atoms with Crippen molar-refractivity contribution in [3.8, 4) is 5.75 Å². The van der Waals surface area contributed by atoms with Gasteiger partial charge in [-0.1, -0.05) is 23.2 Å². The predicted molar refractivity (Wildman–Crippen MR) is 86.8 cm³/mol. The Balaban J connectivity index is 1.43. The maximum atomic E-state index is 11.9. The number of carbonyl (C=O) groups excluding carboxylic acids is 1. The van der Waals surface area contributed by atoms with Crippen LogP contribution in [0, 0.1) is 0 Å². The normalized spacial score (nSPS) is 26.7. The summed E-state index contributed by atoms with van der Waals surface area (Å²) in [6, 6.07) is 5.35. The molecule has 0 spiro atoms. The molecule has 120 valence electrons. The Bertz CT molecular complexity index is 548. The molecular weight excluding hydrogens is 325 g/mol. The molecule has 3 heterocycles. The molecule has 5 nitrogen and oxygen atoms in total. The van der Waals surface area contributed by atoms with E-state index in [1.54, 1.807) is 18.2 Å². The first-order valence-electron chi connectivity index (χ1n) is 7.43. The third-order valence-electron chi connectivity index (χ3n) is 4.18. The number of carbonyl (C=O) groups is 1. The third-order valence-corrected chi connectivity index (χ3v) is 4.71. The van der Waals surface area contributed by atoms with Crippen LogP contribution in [0.5, 0.6) is 5.75 Å². The van der Waals surface area contributed by atoms with Gasteiger partial charge in [0, 0.05) is 50.3 Å². The van der Waals surface area contributed by atoms with Crippen LogP contribution in [-0.4, -0.2) is 67.6 Å². The third kappa shape index (κ3) is 3.84. The largest absolute Gasteiger partial charge is 0.482 e. The minimum Gasteiger partial charge on any atom is -0.482 e. The van der Waals surface area contributed by atoms with Crippen LogP contribution in [-0.2, 0) is 4.79 Å². The van der Waals surface area contributed by atoms with E-state index in [1.807, 2.05) is 0 Å². The molecule has 22 heavy (non-hydrogen) atoms. The molecule has 0 radical (unpaired) electrons. The number of ether oxygens (including phenoxy) is 1. The number of hydrogen-bond donors (Lipinski definition) is 1. The SMILES string of the molecule is O=C(COc1ccc(Cl)cc1Cl)NCC1CN2CCN1CC2. The maximum absolute atomic E-state index is 11.9. The number of amides is 1. The van der Waals surface area contributed by atoms with Gasteiger partial charge in [-0.3, -0.25) is 14.6 Å². The summed E-state index contributed by atoms with van der Waals surface area (Å²) in [7, 11) is 0. The van der Waals surface area contributed by atoms with Gasteiger partial charge < -0.3 is 10.1 Å². The summed E-state index contributed by atoms with van der Waals surface area (Å²) in [4.78, 5) is 16.8. The number of piperazine rings is 3. The molecule has 1 unspecified atom stereocenters. The topological polar surface area (TPSA) is 44.8 Å². The molecule has 3 saturated heterocycles. The Morgan fingerprint density at radius 3 is 2.68 bits per heavy atom. The van der Waals surface area contributed by atoms with Gasteiger partial charge in [0.1, 0.15) is 5.75 Å². The quantitative estimate of drug-likeness (QED) is 0.879. The van der Waals surface area contributed by atoms with Crippen LogP contribution in [0.25, 0.3) is 0 Å². The van der Waals surface area contributed by atoms with E-state index >= 15 is 0 Å². The summed E-state index contributed by atoms with van der Waals surface area (Å²) in [6.45, 7) is 6.12. The Labute approximate surface area is 140 Å². The molecule has 3 aliphatic heterocycles. The smallest absolute Gasteiger partial charge is 0.257 e. The lowest BCUT2D eigenvalue weighted by atomic mass is 10.1. The molecule has 3 aliphatic rings. The first kappa shape index (κ1) is 15.9. The Morgan fingerprint density at radius 2 is 2.05 bits per heavy atom. The molecule has 1 atom stereocenters. The molecule has 4 rings (SSSR count). The van der Waals surface area contributed by atoms with Crippen molar-refractivity contribution in [2.75, 3.05) is 45.9 Å². The fourth-order valence-corrected chi connectivity index (χ4v) is 3.40. The van der Waals surface area contributed by atoms with E-state index in [4.69, 9.17) is 27.9 Å². The standard InChI is InChI=1S/C15H19Cl2N3O2/c16-11-1-2-14(13(17)7-11)22-10-15(21)18-8-12-9-19-3-5-20(12)6-4-19/h1-2,7,12H,3-6,8-10H2,(H,18,21). The van der Waals surface area contributed by atoms with Crippen LogP contribution in [0.2, 0.25) is 10.0 Å². The minimum atomic E-state index is -0.135. The Hall–Kier alpha value is -1.01. The molecule has 7 heteroatoms. The van der Waals surface area contributed by atoms with Crippen LogP contribution in [0.15, 0.2) is 18.2 Å². The molecule has 0 saturated carbocycles. The highest BCUT2D eigenvalue weighted by molar-refractivity contribution is 6.35. The van der Waals surface area contributed by atoms with Crippen molar-refractivity contribution in [3.63, 3.8) is 0 Å². The van der Waals surface area contributed by atoms with Gasteiger partial charge in [0.05, 0.1) is 5.02 Å². The molecule has 1 amide bonds. The average Bonchev–Trinajstić information content (AvgIpc) is 2.53. The van der Waals surface area contributed by atoms with Crippen molar-refractivity contribution in [1.29, 1.82) is 0 Å². The van der Waals surface area contributed by atoms with Gasteiger partial charge in [0.25, 0.3) is 5.91 Å². The average molecular weight is 344 g/mol. The number of hydrogen-bond acceptors (Lipinski definition) is 4. The Morgan fingerprint density at radius 1 is 1.27 bits per heavy atom. The molecule has 0 aliphatic carbocycles. The van der Waals surface area contributed by atoms with Gasteiger partial charge in [-0.2, -0.15) is 0 Å². The summed E-state index contributed by atoms with van der Waals surface area (Å²) in [5, 5.41) is 3.88. The van der Waals surface area contributed by atoms with E-state index in [0.29, 0.717) is 28.4 Å². The number of rotatable bonds is 5. The van der Waals surface area contributed by atoms with Crippen molar-refractivity contribution < 1.29 is 9.53 Å². The van der Waals surface area contributed by atoms with Crippen molar-refractivity contribution in [1.82, 2.24) is 15.1 Å². The second-order valence-corrected chi connectivity index (χ2v) is 6.50. The molecule has 1 aromatic carbocycles. The van der Waals surface area contributed by atoms with E-state index < -0.39 is 0 Å². The summed E-state index contributed by atoms with van der Waals surface area (Å²) in [5.41, 5.74) is 0. The van der Waals surface area contributed by atoms with Crippen LogP contribution in [0.4, 0.5) is 0 Å². The maximum Gasteiger partial charge on any atom is 0.257 e. The lowest BCUT2D eigenvalue weighted by Gasteiger charge is -2.47. The van der Waals surface area contributed by atoms with Gasteiger partial charge in [-0.05, 0) is 18.2 Å². The predicted octanol–water partition coefficient (Wildman–Crippen LogP) is 1.49. The zero-order valence-electron chi connectivity index (χ0n) is 12.2. The lowest BCUT2D eigenvalue weighted by Crippen LogP contribution is -2.63. The number of nitrogens with one attached hydrogen (secondary N) is 1. The van der Waals surface area contributed by atoms with Crippen molar-refractivity contribution >= 4 is 29.1 Å². The summed E-state index contributed by atoms with van der Waals surface area (Å²) in [6.07, 6.45) is 0. The van der Waals surface area contributed by atoms with E-state index in [-0.39, 0.29) is 12.5 Å². The van der Waals surface area contributed by atoms with Crippen LogP contribution >= 0.6 is 23.2 Å². The van der Waals surface area contributed by atoms with E-state index in [0.717, 1.165) is 32.7 Å². The summed E-state index contributed by atoms with van der Waals surface area (Å²) in [5.74, 6) is 0.330. The zero-order valence-corrected chi connectivity index (χ0v) is 13.7. The van der Waals surface area contributed by atoms with Gasteiger partial charge in [0.2, 0.25) is 0 Å². The molecular formula is C15H19Cl2N3O2. The molecule has 2 bridgehead atoms. The molecule has 1 aromatic rings. The summed E-state index contributed by atoms with van der Waals surface area (Å²) >= 11 is 11.8. The van der Waals surface area contributed by atoms with Gasteiger partial charge in [0.15, 0.2) is 6.61 Å². The van der Waals surface area contributed by atoms with Crippen LogP contribution < -0.4 is 10.1 Å². The zero-order chi connectivity index (χ0) is 15.5. The monoisotopic (exact) mass is 343 g/mol. The van der Waals surface area contributed by atoms with Crippen LogP contribution in [0.3, 0.4) is 0 Å². The highest BCUT2D eigenvalue weighted by Gasteiger charge is 2.31. The summed E-state index contributed by atoms with van der Waals surface area (Å²) < 4.78 is 5.43. The van der Waals surface area contributed by atoms with Crippen molar-refractivity contribution in [3.05, 3.63) is 28.2 Å². The second kappa shape index (κ2) is 7.04. The number of fused-ring (bicyclic) bond motifs is 3. The molecule has 3 fully saturated rings. The fraction of sp³-hybridized carbons (Fsp3) is 0.533. The highest BCUT2D eigenvalue weighted by atomic mass is 35.5. The van der Waals surface area contributed by atoms with E-state index in [2.05, 4.69) is 15.1 Å².